The molecule has 0 spiro atoms. The molecule has 0 saturated heterocycles. The smallest absolute Gasteiger partial charge is 0.221 e. The summed E-state index contributed by atoms with van der Waals surface area (Å²) in [5, 5.41) is 6.16. The lowest BCUT2D eigenvalue weighted by molar-refractivity contribution is -0.120. The number of nitrogens with one attached hydrogen (secondary N) is 2. The lowest BCUT2D eigenvalue weighted by Gasteiger charge is -2.26. The molecule has 0 aliphatic carbocycles. The Hall–Kier alpha value is -1.07. The topological polar surface area (TPSA) is 44.4 Å². The van der Waals surface area contributed by atoms with Crippen molar-refractivity contribution in [3.05, 3.63) is 28.2 Å². The maximum atomic E-state index is 11.4. The summed E-state index contributed by atoms with van der Waals surface area (Å²) in [4.78, 5) is 13.5. The number of amides is 1. The summed E-state index contributed by atoms with van der Waals surface area (Å²) in [5.74, 6) is 0.0613. The average Bonchev–Trinajstić information content (AvgIpc) is 2.41. The Kier molecular flexibility index (Phi) is 6.68. The lowest BCUT2D eigenvalue weighted by atomic mass is 10.1. The molecule has 0 unspecified atom stereocenters. The minimum Gasteiger partial charge on any atom is -0.374 e. The zero-order chi connectivity index (χ0) is 16.0. The van der Waals surface area contributed by atoms with Crippen LogP contribution in [0.2, 0.25) is 0 Å². The minimum atomic E-state index is 0.0613. The second-order valence-corrected chi connectivity index (χ2v) is 7.14. The summed E-state index contributed by atoms with van der Waals surface area (Å²) in [6, 6.07) is 6.27. The van der Waals surface area contributed by atoms with Gasteiger partial charge in [0.05, 0.1) is 0 Å². The van der Waals surface area contributed by atoms with Crippen LogP contribution in [-0.4, -0.2) is 32.1 Å². The number of hydrogen-bond donors (Lipinski definition) is 2. The van der Waals surface area contributed by atoms with E-state index in [1.165, 1.54) is 5.56 Å². The molecule has 5 heteroatoms. The largest absolute Gasteiger partial charge is 0.374 e. The van der Waals surface area contributed by atoms with Gasteiger partial charge in [0.15, 0.2) is 0 Å². The van der Waals surface area contributed by atoms with E-state index in [4.69, 9.17) is 0 Å². The molecule has 21 heavy (non-hydrogen) atoms. The summed E-state index contributed by atoms with van der Waals surface area (Å²) < 4.78 is 1.05. The third-order valence-electron chi connectivity index (χ3n) is 3.22. The highest BCUT2D eigenvalue weighted by Gasteiger charge is 2.13. The summed E-state index contributed by atoms with van der Waals surface area (Å²) in [6.45, 7) is 7.96. The highest BCUT2D eigenvalue weighted by atomic mass is 79.9. The van der Waals surface area contributed by atoms with E-state index in [0.717, 1.165) is 16.7 Å². The quantitative estimate of drug-likeness (QED) is 0.824. The van der Waals surface area contributed by atoms with Crippen molar-refractivity contribution in [2.45, 2.75) is 39.3 Å². The number of nitrogens with zero attached hydrogens (tertiary/aromatic N) is 1. The molecule has 0 aliphatic rings. The molecule has 0 saturated carbocycles. The second-order valence-electron chi connectivity index (χ2n) is 6.22. The number of anilines is 1. The molecule has 2 N–H and O–H groups in total. The fraction of sp³-hybridized carbons (Fsp3) is 0.562. The van der Waals surface area contributed by atoms with Gasteiger partial charge in [0.1, 0.15) is 0 Å². The van der Waals surface area contributed by atoms with Crippen molar-refractivity contribution in [3.63, 3.8) is 0 Å². The van der Waals surface area contributed by atoms with Crippen molar-refractivity contribution >= 4 is 27.5 Å². The molecule has 0 bridgehead atoms. The maximum Gasteiger partial charge on any atom is 0.221 e. The number of carbonyl (C=O) groups excluding carboxylic acids is 1. The van der Waals surface area contributed by atoms with E-state index in [1.807, 2.05) is 7.05 Å². The number of rotatable bonds is 6. The van der Waals surface area contributed by atoms with E-state index in [2.05, 4.69) is 70.4 Å². The third-order valence-corrected chi connectivity index (χ3v) is 3.71. The molecule has 1 aromatic carbocycles. The molecule has 118 valence electrons. The Morgan fingerprint density at radius 3 is 2.57 bits per heavy atom. The van der Waals surface area contributed by atoms with E-state index >= 15 is 0 Å². The van der Waals surface area contributed by atoms with Crippen LogP contribution in [0.5, 0.6) is 0 Å². The third kappa shape index (κ3) is 6.48. The second kappa shape index (κ2) is 7.80. The Bertz CT molecular complexity index is 483. The van der Waals surface area contributed by atoms with Crippen molar-refractivity contribution in [1.82, 2.24) is 10.6 Å². The van der Waals surface area contributed by atoms with E-state index in [0.29, 0.717) is 13.0 Å². The first kappa shape index (κ1) is 18.0. The first-order chi connectivity index (χ1) is 9.73. The predicted octanol–water partition coefficient (Wildman–Crippen LogP) is 2.91. The van der Waals surface area contributed by atoms with Gasteiger partial charge in [0.25, 0.3) is 0 Å². The van der Waals surface area contributed by atoms with Crippen molar-refractivity contribution in [2.24, 2.45) is 0 Å². The Morgan fingerprint density at radius 2 is 2.00 bits per heavy atom. The fourth-order valence-corrected chi connectivity index (χ4v) is 2.27. The molecule has 0 aliphatic heterocycles. The molecular formula is C16H26BrN3O. The first-order valence-electron chi connectivity index (χ1n) is 7.18. The fourth-order valence-electron chi connectivity index (χ4n) is 1.92. The van der Waals surface area contributed by atoms with Gasteiger partial charge in [-0.25, -0.2) is 0 Å². The highest BCUT2D eigenvalue weighted by Crippen LogP contribution is 2.25. The SMILES string of the molecule is CNC(=O)CCN(C)c1cc(Br)ccc1CNC(C)(C)C. The van der Waals surface area contributed by atoms with Crippen LogP contribution in [0.15, 0.2) is 22.7 Å². The molecule has 0 aromatic heterocycles. The van der Waals surface area contributed by atoms with Gasteiger partial charge in [0, 0.05) is 49.3 Å². The molecular weight excluding hydrogens is 330 g/mol. The molecule has 0 heterocycles. The molecule has 1 rings (SSSR count). The number of halogens is 1. The Morgan fingerprint density at radius 1 is 1.33 bits per heavy atom. The minimum absolute atomic E-state index is 0.0613. The van der Waals surface area contributed by atoms with Gasteiger partial charge < -0.3 is 15.5 Å². The average molecular weight is 356 g/mol. The maximum absolute atomic E-state index is 11.4. The monoisotopic (exact) mass is 355 g/mol. The van der Waals surface area contributed by atoms with Crippen LogP contribution < -0.4 is 15.5 Å². The van der Waals surface area contributed by atoms with E-state index < -0.39 is 0 Å². The normalized spacial score (nSPS) is 11.3. The van der Waals surface area contributed by atoms with Crippen LogP contribution in [0, 0.1) is 0 Å². The summed E-state index contributed by atoms with van der Waals surface area (Å²) in [6.07, 6.45) is 0.492. The van der Waals surface area contributed by atoms with Crippen molar-refractivity contribution < 1.29 is 4.79 Å². The molecule has 1 aromatic rings. The van der Waals surface area contributed by atoms with Crippen molar-refractivity contribution in [3.8, 4) is 0 Å². The number of hydrogen-bond acceptors (Lipinski definition) is 3. The molecule has 0 atom stereocenters. The van der Waals surface area contributed by atoms with Crippen molar-refractivity contribution in [1.29, 1.82) is 0 Å². The molecule has 0 fully saturated rings. The molecule has 1 amide bonds. The van der Waals surface area contributed by atoms with Crippen LogP contribution in [0.4, 0.5) is 5.69 Å². The zero-order valence-electron chi connectivity index (χ0n) is 13.6. The standard InChI is InChI=1S/C16H26BrN3O/c1-16(2,3)19-11-12-6-7-13(17)10-14(12)20(5)9-8-15(21)18-4/h6-7,10,19H,8-9,11H2,1-5H3,(H,18,21). The lowest BCUT2D eigenvalue weighted by Crippen LogP contribution is -2.35. The van der Waals surface area contributed by atoms with E-state index in [9.17, 15) is 4.79 Å². The highest BCUT2D eigenvalue weighted by molar-refractivity contribution is 9.10. The summed E-state index contributed by atoms with van der Waals surface area (Å²) in [7, 11) is 3.69. The predicted molar refractivity (Wildman–Crippen MR) is 92.7 cm³/mol. The zero-order valence-corrected chi connectivity index (χ0v) is 15.2. The summed E-state index contributed by atoms with van der Waals surface area (Å²) >= 11 is 3.52. The van der Waals surface area contributed by atoms with Crippen LogP contribution in [-0.2, 0) is 11.3 Å². The Labute approximate surface area is 136 Å². The summed E-state index contributed by atoms with van der Waals surface area (Å²) in [5.41, 5.74) is 2.45. The van der Waals surface area contributed by atoms with E-state index in [1.54, 1.807) is 7.05 Å². The number of benzene rings is 1. The van der Waals surface area contributed by atoms with Gasteiger partial charge >= 0.3 is 0 Å². The van der Waals surface area contributed by atoms with Gasteiger partial charge in [0.2, 0.25) is 5.91 Å². The van der Waals surface area contributed by atoms with Crippen LogP contribution >= 0.6 is 15.9 Å². The van der Waals surface area contributed by atoms with Crippen LogP contribution in [0.1, 0.15) is 32.8 Å². The van der Waals surface area contributed by atoms with Gasteiger partial charge in [-0.15, -0.1) is 0 Å². The number of carbonyl (C=O) groups is 1. The van der Waals surface area contributed by atoms with E-state index in [-0.39, 0.29) is 11.4 Å². The molecule has 0 radical (unpaired) electrons. The van der Waals surface area contributed by atoms with Gasteiger partial charge in [-0.1, -0.05) is 22.0 Å². The van der Waals surface area contributed by atoms with Crippen LogP contribution in [0.25, 0.3) is 0 Å². The van der Waals surface area contributed by atoms with Gasteiger partial charge in [-0.2, -0.15) is 0 Å². The Balaban J connectivity index is 2.83. The van der Waals surface area contributed by atoms with Crippen LogP contribution in [0.3, 0.4) is 0 Å². The first-order valence-corrected chi connectivity index (χ1v) is 7.97. The molecule has 4 nitrogen and oxygen atoms in total. The van der Waals surface area contributed by atoms with Gasteiger partial charge in [-0.05, 0) is 38.5 Å². The van der Waals surface area contributed by atoms with Gasteiger partial charge in [-0.3, -0.25) is 4.79 Å². The van der Waals surface area contributed by atoms with Crippen molar-refractivity contribution in [2.75, 3.05) is 25.5 Å².